The topological polar surface area (TPSA) is 26.3 Å². The average molecular weight is 217 g/mol. The van der Waals surface area contributed by atoms with Crippen LogP contribution in [0.4, 0.5) is 0 Å². The Morgan fingerprint density at radius 1 is 1.36 bits per heavy atom. The highest BCUT2D eigenvalue weighted by molar-refractivity contribution is 8.64. The van der Waals surface area contributed by atoms with E-state index in [9.17, 15) is 4.57 Å². The van der Waals surface area contributed by atoms with Gasteiger partial charge in [-0.3, -0.25) is 4.57 Å². The van der Waals surface area contributed by atoms with Gasteiger partial charge in [0.25, 0.3) is 0 Å². The minimum absolute atomic E-state index is 0.0791. The first kappa shape index (κ1) is 11.8. The summed E-state index contributed by atoms with van der Waals surface area (Å²) < 4.78 is 16.4. The van der Waals surface area contributed by atoms with Crippen LogP contribution in [0.5, 0.6) is 0 Å². The third-order valence-electron chi connectivity index (χ3n) is 0.673. The van der Waals surface area contributed by atoms with Gasteiger partial charge in [-0.1, -0.05) is 25.2 Å². The van der Waals surface area contributed by atoms with Crippen molar-refractivity contribution in [3.63, 3.8) is 0 Å². The highest BCUT2D eigenvalue weighted by Gasteiger charge is 2.23. The largest absolute Gasteiger partial charge is 0.346 e. The highest BCUT2D eigenvalue weighted by Crippen LogP contribution is 2.66. The molecule has 0 saturated heterocycles. The van der Waals surface area contributed by atoms with Gasteiger partial charge in [0.2, 0.25) is 0 Å². The standard InChI is InChI=1S/C6H14ClO2PS/c1-5(2)9-10(7,8)11-6(3)4/h5-6H,1-4H3. The van der Waals surface area contributed by atoms with Crippen LogP contribution in [0, 0.1) is 0 Å². The van der Waals surface area contributed by atoms with Gasteiger partial charge in [-0.25, -0.2) is 0 Å². The molecule has 5 heteroatoms. The molecule has 0 N–H and O–H groups in total. The van der Waals surface area contributed by atoms with Crippen molar-refractivity contribution in [3.05, 3.63) is 0 Å². The molecular weight excluding hydrogens is 203 g/mol. The molecule has 11 heavy (non-hydrogen) atoms. The van der Waals surface area contributed by atoms with E-state index in [4.69, 9.17) is 15.8 Å². The molecule has 0 spiro atoms. The van der Waals surface area contributed by atoms with E-state index in [-0.39, 0.29) is 11.4 Å². The second kappa shape index (κ2) is 4.76. The Labute approximate surface area is 77.0 Å². The minimum atomic E-state index is -2.92. The van der Waals surface area contributed by atoms with Crippen molar-refractivity contribution >= 4 is 28.5 Å². The lowest BCUT2D eigenvalue weighted by atomic mass is 10.5. The molecule has 2 nitrogen and oxygen atoms in total. The molecule has 0 bridgehead atoms. The molecule has 0 heterocycles. The molecule has 0 fully saturated rings. The zero-order valence-corrected chi connectivity index (χ0v) is 9.67. The van der Waals surface area contributed by atoms with Crippen LogP contribution in [0.2, 0.25) is 0 Å². The van der Waals surface area contributed by atoms with Crippen molar-refractivity contribution in [1.82, 2.24) is 0 Å². The van der Waals surface area contributed by atoms with Crippen molar-refractivity contribution in [2.75, 3.05) is 0 Å². The Morgan fingerprint density at radius 2 is 1.82 bits per heavy atom. The summed E-state index contributed by atoms with van der Waals surface area (Å²) in [6.45, 7) is 7.50. The molecule has 0 aliphatic heterocycles. The van der Waals surface area contributed by atoms with E-state index in [2.05, 4.69) is 0 Å². The molecular formula is C6H14ClO2PS. The molecule has 0 aliphatic rings. The highest BCUT2D eigenvalue weighted by atomic mass is 35.7. The van der Waals surface area contributed by atoms with E-state index in [1.807, 2.05) is 27.7 Å². The summed E-state index contributed by atoms with van der Waals surface area (Å²) in [6, 6.07) is 0. The summed E-state index contributed by atoms with van der Waals surface area (Å²) in [7, 11) is 0. The van der Waals surface area contributed by atoms with E-state index < -0.39 is 5.92 Å². The van der Waals surface area contributed by atoms with E-state index in [1.165, 1.54) is 11.4 Å². The number of halogens is 1. The zero-order chi connectivity index (χ0) is 9.07. The first-order valence-corrected chi connectivity index (χ1v) is 7.51. The summed E-state index contributed by atoms with van der Waals surface area (Å²) >= 11 is 6.81. The number of hydrogen-bond donors (Lipinski definition) is 0. The third kappa shape index (κ3) is 7.20. The Kier molecular flexibility index (Phi) is 5.12. The van der Waals surface area contributed by atoms with Crippen LogP contribution in [0.1, 0.15) is 27.7 Å². The Bertz CT molecular complexity index is 147. The molecule has 0 aromatic rings. The minimum Gasteiger partial charge on any atom is -0.307 e. The van der Waals surface area contributed by atoms with Crippen molar-refractivity contribution in [1.29, 1.82) is 0 Å². The Balaban J connectivity index is 3.91. The van der Waals surface area contributed by atoms with Gasteiger partial charge in [-0.15, -0.1) is 0 Å². The van der Waals surface area contributed by atoms with E-state index in [0.29, 0.717) is 0 Å². The molecule has 68 valence electrons. The molecule has 1 unspecified atom stereocenters. The van der Waals surface area contributed by atoms with E-state index in [0.717, 1.165) is 0 Å². The van der Waals surface area contributed by atoms with Gasteiger partial charge in [0.15, 0.2) is 0 Å². The zero-order valence-electron chi connectivity index (χ0n) is 7.20. The van der Waals surface area contributed by atoms with Gasteiger partial charge < -0.3 is 4.52 Å². The predicted octanol–water partition coefficient (Wildman–Crippen LogP) is 3.90. The van der Waals surface area contributed by atoms with Crippen molar-refractivity contribution < 1.29 is 9.09 Å². The molecule has 0 aromatic heterocycles. The van der Waals surface area contributed by atoms with Crippen LogP contribution >= 0.6 is 28.5 Å². The first-order chi connectivity index (χ1) is 4.83. The van der Waals surface area contributed by atoms with Crippen LogP contribution in [-0.4, -0.2) is 11.4 Å². The summed E-state index contributed by atoms with van der Waals surface area (Å²) in [5.74, 6) is -2.92. The summed E-state index contributed by atoms with van der Waals surface area (Å²) in [5.41, 5.74) is 0. The molecule has 0 aliphatic carbocycles. The monoisotopic (exact) mass is 216 g/mol. The number of hydrogen-bond acceptors (Lipinski definition) is 3. The van der Waals surface area contributed by atoms with E-state index >= 15 is 0 Å². The molecule has 0 aromatic carbocycles. The lowest BCUT2D eigenvalue weighted by molar-refractivity contribution is 0.260. The van der Waals surface area contributed by atoms with Gasteiger partial charge >= 0.3 is 5.92 Å². The van der Waals surface area contributed by atoms with Gasteiger partial charge in [0.05, 0.1) is 6.10 Å². The predicted molar refractivity (Wildman–Crippen MR) is 52.4 cm³/mol. The van der Waals surface area contributed by atoms with Crippen LogP contribution in [-0.2, 0) is 9.09 Å². The van der Waals surface area contributed by atoms with Crippen LogP contribution in [0.15, 0.2) is 0 Å². The molecule has 0 amide bonds. The van der Waals surface area contributed by atoms with Gasteiger partial charge in [-0.2, -0.15) is 0 Å². The second-order valence-corrected chi connectivity index (χ2v) is 8.98. The Morgan fingerprint density at radius 3 is 2.09 bits per heavy atom. The molecule has 0 rings (SSSR count). The van der Waals surface area contributed by atoms with Gasteiger partial charge in [0, 0.05) is 5.25 Å². The third-order valence-corrected chi connectivity index (χ3v) is 5.26. The molecule has 0 radical (unpaired) electrons. The fourth-order valence-electron chi connectivity index (χ4n) is 0.528. The Hall–Kier alpha value is 0.830. The van der Waals surface area contributed by atoms with Crippen LogP contribution < -0.4 is 0 Å². The SMILES string of the molecule is CC(C)OP(=O)(Cl)SC(C)C. The maximum Gasteiger partial charge on any atom is 0.346 e. The van der Waals surface area contributed by atoms with Crippen LogP contribution in [0.3, 0.4) is 0 Å². The van der Waals surface area contributed by atoms with E-state index in [1.54, 1.807) is 0 Å². The van der Waals surface area contributed by atoms with Crippen molar-refractivity contribution in [2.24, 2.45) is 0 Å². The fraction of sp³-hybridized carbons (Fsp3) is 1.00. The summed E-state index contributed by atoms with van der Waals surface area (Å²) in [6.07, 6.45) is -0.0791. The van der Waals surface area contributed by atoms with Gasteiger partial charge in [0.1, 0.15) is 0 Å². The van der Waals surface area contributed by atoms with Crippen LogP contribution in [0.25, 0.3) is 0 Å². The summed E-state index contributed by atoms with van der Waals surface area (Å²) in [5, 5.41) is 0.233. The lowest BCUT2D eigenvalue weighted by Crippen LogP contribution is -1.97. The normalized spacial score (nSPS) is 17.4. The first-order valence-electron chi connectivity index (χ1n) is 3.50. The lowest BCUT2D eigenvalue weighted by Gasteiger charge is -2.14. The average Bonchev–Trinajstić information content (AvgIpc) is 1.53. The molecule has 0 saturated carbocycles. The summed E-state index contributed by atoms with van der Waals surface area (Å²) in [4.78, 5) is 0. The number of rotatable bonds is 4. The second-order valence-electron chi connectivity index (χ2n) is 2.74. The fourth-order valence-corrected chi connectivity index (χ4v) is 5.67. The maximum atomic E-state index is 11.3. The van der Waals surface area contributed by atoms with Crippen molar-refractivity contribution in [3.8, 4) is 0 Å². The maximum absolute atomic E-state index is 11.3. The van der Waals surface area contributed by atoms with Gasteiger partial charge in [-0.05, 0) is 25.1 Å². The van der Waals surface area contributed by atoms with Crippen molar-refractivity contribution in [2.45, 2.75) is 39.0 Å². The molecule has 1 atom stereocenters. The smallest absolute Gasteiger partial charge is 0.307 e. The quantitative estimate of drug-likeness (QED) is 0.667.